The van der Waals surface area contributed by atoms with E-state index in [9.17, 15) is 9.59 Å². The van der Waals surface area contributed by atoms with Crippen LogP contribution in [0.3, 0.4) is 0 Å². The summed E-state index contributed by atoms with van der Waals surface area (Å²) in [6.07, 6.45) is 0. The predicted octanol–water partition coefficient (Wildman–Crippen LogP) is 2.47. The van der Waals surface area contributed by atoms with Gasteiger partial charge >= 0.3 is 5.97 Å². The molecule has 0 heterocycles. The van der Waals surface area contributed by atoms with Crippen LogP contribution < -0.4 is 0 Å². The van der Waals surface area contributed by atoms with Crippen molar-refractivity contribution in [1.82, 2.24) is 4.90 Å². The van der Waals surface area contributed by atoms with E-state index in [0.717, 1.165) is 3.57 Å². The summed E-state index contributed by atoms with van der Waals surface area (Å²) in [6.45, 7) is 4.18. The van der Waals surface area contributed by atoms with Crippen LogP contribution in [0.1, 0.15) is 24.2 Å². The van der Waals surface area contributed by atoms with Crippen molar-refractivity contribution in [2.45, 2.75) is 13.8 Å². The molecule has 4 nitrogen and oxygen atoms in total. The number of aliphatic carboxylic acids is 1. The molecule has 1 amide bonds. The van der Waals surface area contributed by atoms with E-state index in [4.69, 9.17) is 5.11 Å². The fourth-order valence-corrected chi connectivity index (χ4v) is 1.90. The molecule has 1 N–H and O–H groups in total. The third-order valence-electron chi connectivity index (χ3n) is 2.68. The fourth-order valence-electron chi connectivity index (χ4n) is 1.54. The summed E-state index contributed by atoms with van der Waals surface area (Å²) in [5, 5.41) is 8.88. The van der Waals surface area contributed by atoms with Crippen LogP contribution in [-0.4, -0.2) is 35.0 Å². The van der Waals surface area contributed by atoms with E-state index in [2.05, 4.69) is 22.6 Å². The first-order valence-corrected chi connectivity index (χ1v) is 6.81. The molecule has 0 bridgehead atoms. The Morgan fingerprint density at radius 1 is 1.33 bits per heavy atom. The normalized spacial score (nSPS) is 11.9. The molecule has 1 aromatic carbocycles. The number of carboxylic acids is 1. The molecule has 0 aliphatic heterocycles. The van der Waals surface area contributed by atoms with E-state index in [0.29, 0.717) is 12.1 Å². The minimum atomic E-state index is -0.885. The second-order valence-electron chi connectivity index (χ2n) is 4.09. The zero-order chi connectivity index (χ0) is 13.7. The van der Waals surface area contributed by atoms with Crippen LogP contribution in [0.4, 0.5) is 0 Å². The molecule has 18 heavy (non-hydrogen) atoms. The molecule has 0 aromatic heterocycles. The average Bonchev–Trinajstić information content (AvgIpc) is 2.35. The Kier molecular flexibility index (Phi) is 5.58. The molecule has 98 valence electrons. The first kappa shape index (κ1) is 14.9. The molecular formula is C13H16INO3. The Morgan fingerprint density at radius 3 is 2.33 bits per heavy atom. The fraction of sp³-hybridized carbons (Fsp3) is 0.385. The summed E-state index contributed by atoms with van der Waals surface area (Å²) in [7, 11) is 0. The van der Waals surface area contributed by atoms with Gasteiger partial charge in [0.05, 0.1) is 5.92 Å². The molecule has 1 atom stereocenters. The number of hydrogen-bond acceptors (Lipinski definition) is 2. The van der Waals surface area contributed by atoms with Crippen LogP contribution >= 0.6 is 22.6 Å². The van der Waals surface area contributed by atoms with Crippen LogP contribution in [0, 0.1) is 9.49 Å². The number of rotatable bonds is 5. The molecule has 0 spiro atoms. The lowest BCUT2D eigenvalue weighted by Crippen LogP contribution is -2.36. The highest BCUT2D eigenvalue weighted by Gasteiger charge is 2.20. The van der Waals surface area contributed by atoms with Gasteiger partial charge in [-0.25, -0.2) is 0 Å². The molecule has 0 fully saturated rings. The van der Waals surface area contributed by atoms with Gasteiger partial charge in [-0.1, -0.05) is 6.92 Å². The predicted molar refractivity (Wildman–Crippen MR) is 77.5 cm³/mol. The molecule has 0 aliphatic rings. The van der Waals surface area contributed by atoms with Crippen molar-refractivity contribution in [1.29, 1.82) is 0 Å². The van der Waals surface area contributed by atoms with Crippen molar-refractivity contribution in [2.24, 2.45) is 5.92 Å². The topological polar surface area (TPSA) is 57.6 Å². The van der Waals surface area contributed by atoms with Crippen LogP contribution in [0.2, 0.25) is 0 Å². The Bertz CT molecular complexity index is 430. The van der Waals surface area contributed by atoms with Crippen molar-refractivity contribution in [2.75, 3.05) is 13.1 Å². The number of carbonyl (C=O) groups excluding carboxylic acids is 1. The van der Waals surface area contributed by atoms with E-state index in [1.807, 2.05) is 19.1 Å². The summed E-state index contributed by atoms with van der Waals surface area (Å²) < 4.78 is 1.06. The largest absolute Gasteiger partial charge is 0.481 e. The number of amides is 1. The molecule has 0 saturated carbocycles. The lowest BCUT2D eigenvalue weighted by atomic mass is 10.1. The Morgan fingerprint density at radius 2 is 1.89 bits per heavy atom. The molecule has 1 rings (SSSR count). The van der Waals surface area contributed by atoms with Gasteiger partial charge in [-0.2, -0.15) is 0 Å². The van der Waals surface area contributed by atoms with E-state index in [-0.39, 0.29) is 12.5 Å². The zero-order valence-electron chi connectivity index (χ0n) is 10.4. The van der Waals surface area contributed by atoms with E-state index >= 15 is 0 Å². The number of halogens is 1. The van der Waals surface area contributed by atoms with Gasteiger partial charge in [0.1, 0.15) is 0 Å². The first-order chi connectivity index (χ1) is 8.45. The second kappa shape index (κ2) is 6.72. The third kappa shape index (κ3) is 3.97. The Labute approximate surface area is 120 Å². The smallest absolute Gasteiger partial charge is 0.308 e. The Balaban J connectivity index is 2.79. The molecule has 0 radical (unpaired) electrons. The molecular weight excluding hydrogens is 345 g/mol. The SMILES string of the molecule is CCN(CC(C)C(=O)O)C(=O)c1ccc(I)cc1. The minimum Gasteiger partial charge on any atom is -0.481 e. The van der Waals surface area contributed by atoms with Gasteiger partial charge in [0.25, 0.3) is 5.91 Å². The van der Waals surface area contributed by atoms with Gasteiger partial charge in [0.15, 0.2) is 0 Å². The second-order valence-corrected chi connectivity index (χ2v) is 5.34. The van der Waals surface area contributed by atoms with Crippen LogP contribution in [0.25, 0.3) is 0 Å². The van der Waals surface area contributed by atoms with E-state index < -0.39 is 11.9 Å². The number of nitrogens with zero attached hydrogens (tertiary/aromatic N) is 1. The van der Waals surface area contributed by atoms with Crippen LogP contribution in [-0.2, 0) is 4.79 Å². The van der Waals surface area contributed by atoms with Crippen molar-refractivity contribution in [3.8, 4) is 0 Å². The molecule has 1 aromatic rings. The number of hydrogen-bond donors (Lipinski definition) is 1. The quantitative estimate of drug-likeness (QED) is 0.820. The highest BCUT2D eigenvalue weighted by molar-refractivity contribution is 14.1. The zero-order valence-corrected chi connectivity index (χ0v) is 12.5. The summed E-state index contributed by atoms with van der Waals surface area (Å²) in [4.78, 5) is 24.5. The maximum atomic E-state index is 12.2. The number of carboxylic acid groups (broad SMARTS) is 1. The van der Waals surface area contributed by atoms with Gasteiger partial charge in [-0.15, -0.1) is 0 Å². The summed E-state index contributed by atoms with van der Waals surface area (Å²) in [6, 6.07) is 7.25. The van der Waals surface area contributed by atoms with Crippen molar-refractivity contribution in [3.05, 3.63) is 33.4 Å². The maximum absolute atomic E-state index is 12.2. The van der Waals surface area contributed by atoms with Gasteiger partial charge in [-0.05, 0) is 53.8 Å². The monoisotopic (exact) mass is 361 g/mol. The molecule has 1 unspecified atom stereocenters. The van der Waals surface area contributed by atoms with Crippen molar-refractivity contribution < 1.29 is 14.7 Å². The lowest BCUT2D eigenvalue weighted by Gasteiger charge is -2.23. The minimum absolute atomic E-state index is 0.123. The standard InChI is InChI=1S/C13H16INO3/c1-3-15(8-9(2)13(17)18)12(16)10-4-6-11(14)7-5-10/h4-7,9H,3,8H2,1-2H3,(H,17,18). The van der Waals surface area contributed by atoms with Gasteiger partial charge < -0.3 is 10.0 Å². The number of carbonyl (C=O) groups is 2. The van der Waals surface area contributed by atoms with E-state index in [1.54, 1.807) is 24.0 Å². The van der Waals surface area contributed by atoms with Gasteiger partial charge in [0, 0.05) is 22.2 Å². The van der Waals surface area contributed by atoms with Crippen molar-refractivity contribution in [3.63, 3.8) is 0 Å². The van der Waals surface area contributed by atoms with Crippen LogP contribution in [0.5, 0.6) is 0 Å². The van der Waals surface area contributed by atoms with Gasteiger partial charge in [-0.3, -0.25) is 9.59 Å². The molecule has 0 aliphatic carbocycles. The summed E-state index contributed by atoms with van der Waals surface area (Å²) >= 11 is 2.17. The maximum Gasteiger partial charge on any atom is 0.308 e. The van der Waals surface area contributed by atoms with Crippen molar-refractivity contribution >= 4 is 34.5 Å². The number of benzene rings is 1. The lowest BCUT2D eigenvalue weighted by molar-refractivity contribution is -0.141. The summed E-state index contributed by atoms with van der Waals surface area (Å²) in [5.74, 6) is -1.57. The van der Waals surface area contributed by atoms with Crippen LogP contribution in [0.15, 0.2) is 24.3 Å². The highest BCUT2D eigenvalue weighted by Crippen LogP contribution is 2.11. The summed E-state index contributed by atoms with van der Waals surface area (Å²) in [5.41, 5.74) is 0.592. The first-order valence-electron chi connectivity index (χ1n) is 5.73. The average molecular weight is 361 g/mol. The molecule has 0 saturated heterocycles. The molecule has 5 heteroatoms. The van der Waals surface area contributed by atoms with E-state index in [1.165, 1.54) is 0 Å². The third-order valence-corrected chi connectivity index (χ3v) is 3.40. The highest BCUT2D eigenvalue weighted by atomic mass is 127. The van der Waals surface area contributed by atoms with Gasteiger partial charge in [0.2, 0.25) is 0 Å². The Hall–Kier alpha value is -1.11.